The summed E-state index contributed by atoms with van der Waals surface area (Å²) in [6.07, 6.45) is 0. The van der Waals surface area contributed by atoms with Gasteiger partial charge in [0.05, 0.1) is 0 Å². The first-order valence-electron chi connectivity index (χ1n) is 5.65. The molecule has 3 N–H and O–H groups in total. The number of pyridine rings is 1. The quantitative estimate of drug-likeness (QED) is 0.382. The van der Waals surface area contributed by atoms with Crippen LogP contribution in [0.3, 0.4) is 0 Å². The van der Waals surface area contributed by atoms with Crippen LogP contribution in [0.4, 0.5) is 5.13 Å². The Morgan fingerprint density at radius 1 is 1.40 bits per heavy atom. The van der Waals surface area contributed by atoms with Crippen LogP contribution in [0.5, 0.6) is 0 Å². The Hall–Kier alpha value is -1.87. The molecule has 2 rings (SSSR count). The lowest BCUT2D eigenvalue weighted by atomic mass is 10.2. The van der Waals surface area contributed by atoms with Crippen LogP contribution in [0.2, 0.25) is 0 Å². The lowest BCUT2D eigenvalue weighted by Gasteiger charge is -2.04. The third kappa shape index (κ3) is 3.36. The maximum absolute atomic E-state index is 8.73. The fourth-order valence-corrected chi connectivity index (χ4v) is 3.19. The van der Waals surface area contributed by atoms with Crippen LogP contribution >= 0.6 is 23.1 Å². The Kier molecular flexibility index (Phi) is 4.40. The fraction of sp³-hybridized carbons (Fsp3) is 0.273. The van der Waals surface area contributed by atoms with E-state index in [1.54, 1.807) is 12.1 Å². The van der Waals surface area contributed by atoms with Crippen molar-refractivity contribution in [3.63, 3.8) is 0 Å². The zero-order chi connectivity index (χ0) is 14.7. The highest BCUT2D eigenvalue weighted by atomic mass is 32.2. The van der Waals surface area contributed by atoms with Gasteiger partial charge in [0.2, 0.25) is 5.13 Å². The van der Waals surface area contributed by atoms with Crippen molar-refractivity contribution in [3.05, 3.63) is 23.4 Å². The highest BCUT2D eigenvalue weighted by molar-refractivity contribution is 8.01. The number of anilines is 1. The van der Waals surface area contributed by atoms with Crippen molar-refractivity contribution in [1.82, 2.24) is 15.2 Å². The number of hydrogen-bond acceptors (Lipinski definition) is 8. The molecular weight excluding hydrogens is 296 g/mol. The molecule has 0 radical (unpaired) electrons. The topological polar surface area (TPSA) is 101 Å². The second-order valence-electron chi connectivity index (χ2n) is 4.17. The van der Waals surface area contributed by atoms with Crippen LogP contribution in [-0.2, 0) is 0 Å². The minimum Gasteiger partial charge on any atom is -0.409 e. The second kappa shape index (κ2) is 6.06. The van der Waals surface area contributed by atoms with Crippen LogP contribution in [-0.4, -0.2) is 40.3 Å². The molecule has 0 atom stereocenters. The number of amidine groups is 1. The van der Waals surface area contributed by atoms with Gasteiger partial charge in [0, 0.05) is 25.4 Å². The number of oxime groups is 1. The van der Waals surface area contributed by atoms with E-state index in [-0.39, 0.29) is 5.84 Å². The van der Waals surface area contributed by atoms with Crippen molar-refractivity contribution in [2.45, 2.75) is 16.3 Å². The molecule has 2 heterocycles. The highest BCUT2D eigenvalue weighted by Gasteiger charge is 2.10. The first-order valence-corrected chi connectivity index (χ1v) is 7.28. The van der Waals surface area contributed by atoms with Gasteiger partial charge in [-0.1, -0.05) is 16.5 Å². The summed E-state index contributed by atoms with van der Waals surface area (Å²) in [5.74, 6) is 0.0589. The van der Waals surface area contributed by atoms with Crippen molar-refractivity contribution < 1.29 is 5.21 Å². The summed E-state index contributed by atoms with van der Waals surface area (Å²) < 4.78 is 0.789. The van der Waals surface area contributed by atoms with Crippen molar-refractivity contribution in [2.75, 3.05) is 19.0 Å². The van der Waals surface area contributed by atoms with E-state index in [0.717, 1.165) is 20.2 Å². The smallest absolute Gasteiger partial charge is 0.208 e. The zero-order valence-corrected chi connectivity index (χ0v) is 12.9. The summed E-state index contributed by atoms with van der Waals surface area (Å²) in [6.45, 7) is 1.85. The first kappa shape index (κ1) is 14.5. The number of nitrogens with two attached hydrogens (primary N) is 1. The number of hydrogen-bond donors (Lipinski definition) is 2. The summed E-state index contributed by atoms with van der Waals surface area (Å²) in [4.78, 5) is 6.29. The standard InChI is InChI=1S/C11H14N6OS2/c1-6-4-7(9(12)16-18)5-8(13-6)19-11-15-14-10(20-11)17(2)3/h4-5,18H,1-3H3,(H2,12,16). The molecular formula is C11H14N6OS2. The van der Waals surface area contributed by atoms with E-state index in [1.165, 1.54) is 23.1 Å². The molecule has 0 aliphatic carbocycles. The van der Waals surface area contributed by atoms with Gasteiger partial charge in [-0.25, -0.2) is 4.98 Å². The normalized spacial score (nSPS) is 11.7. The van der Waals surface area contributed by atoms with E-state index < -0.39 is 0 Å². The van der Waals surface area contributed by atoms with Gasteiger partial charge in [-0.2, -0.15) is 0 Å². The van der Waals surface area contributed by atoms with E-state index in [9.17, 15) is 0 Å². The predicted octanol–water partition coefficient (Wildman–Crippen LogP) is 1.55. The molecule has 0 spiro atoms. The van der Waals surface area contributed by atoms with Crippen molar-refractivity contribution in [1.29, 1.82) is 0 Å². The van der Waals surface area contributed by atoms with Gasteiger partial charge >= 0.3 is 0 Å². The van der Waals surface area contributed by atoms with Crippen molar-refractivity contribution in [2.24, 2.45) is 10.9 Å². The molecule has 2 aromatic rings. The van der Waals surface area contributed by atoms with Crippen LogP contribution in [0.15, 0.2) is 26.7 Å². The van der Waals surface area contributed by atoms with E-state index in [2.05, 4.69) is 20.3 Å². The summed E-state index contributed by atoms with van der Waals surface area (Å²) in [6, 6.07) is 3.51. The van der Waals surface area contributed by atoms with Crippen LogP contribution < -0.4 is 10.6 Å². The second-order valence-corrected chi connectivity index (χ2v) is 6.39. The largest absolute Gasteiger partial charge is 0.409 e. The minimum absolute atomic E-state index is 0.0589. The SMILES string of the molecule is Cc1cc(/C(N)=N/O)cc(Sc2nnc(N(C)C)s2)n1. The monoisotopic (exact) mass is 310 g/mol. The molecule has 0 aromatic carbocycles. The number of aryl methyl sites for hydroxylation is 1. The Morgan fingerprint density at radius 3 is 2.75 bits per heavy atom. The maximum Gasteiger partial charge on any atom is 0.208 e. The molecule has 0 saturated carbocycles. The van der Waals surface area contributed by atoms with Gasteiger partial charge in [-0.15, -0.1) is 10.2 Å². The van der Waals surface area contributed by atoms with Gasteiger partial charge in [-0.3, -0.25) is 0 Å². The molecule has 0 aliphatic rings. The Labute approximate surface area is 124 Å². The van der Waals surface area contributed by atoms with E-state index >= 15 is 0 Å². The molecule has 0 saturated heterocycles. The van der Waals surface area contributed by atoms with Crippen molar-refractivity contribution in [3.8, 4) is 0 Å². The fourth-order valence-electron chi connectivity index (χ4n) is 1.41. The van der Waals surface area contributed by atoms with E-state index in [0.29, 0.717) is 5.56 Å². The lowest BCUT2D eigenvalue weighted by molar-refractivity contribution is 0.318. The molecule has 7 nitrogen and oxygen atoms in total. The number of aromatic nitrogens is 3. The van der Waals surface area contributed by atoms with E-state index in [4.69, 9.17) is 10.9 Å². The highest BCUT2D eigenvalue weighted by Crippen LogP contribution is 2.32. The lowest BCUT2D eigenvalue weighted by Crippen LogP contribution is -2.13. The summed E-state index contributed by atoms with van der Waals surface area (Å²) in [5.41, 5.74) is 7.01. The molecule has 0 bridgehead atoms. The average molecular weight is 310 g/mol. The molecule has 0 aliphatic heterocycles. The Morgan fingerprint density at radius 2 is 2.15 bits per heavy atom. The first-order chi connectivity index (χ1) is 9.49. The summed E-state index contributed by atoms with van der Waals surface area (Å²) in [5, 5.41) is 21.5. The van der Waals surface area contributed by atoms with Crippen LogP contribution in [0, 0.1) is 6.92 Å². The number of nitrogens with zero attached hydrogens (tertiary/aromatic N) is 5. The Balaban J connectivity index is 2.26. The third-order valence-corrected chi connectivity index (χ3v) is 4.36. The zero-order valence-electron chi connectivity index (χ0n) is 11.2. The van der Waals surface area contributed by atoms with Crippen LogP contribution in [0.1, 0.15) is 11.3 Å². The Bertz CT molecular complexity index is 640. The molecule has 9 heteroatoms. The summed E-state index contributed by atoms with van der Waals surface area (Å²) >= 11 is 2.87. The molecule has 0 fully saturated rings. The molecule has 0 unspecified atom stereocenters. The van der Waals surface area contributed by atoms with Gasteiger partial charge in [-0.05, 0) is 30.8 Å². The maximum atomic E-state index is 8.73. The number of rotatable bonds is 4. The van der Waals surface area contributed by atoms with Gasteiger partial charge in [0.15, 0.2) is 10.2 Å². The molecule has 106 valence electrons. The third-order valence-electron chi connectivity index (χ3n) is 2.30. The van der Waals surface area contributed by atoms with E-state index in [1.807, 2.05) is 25.9 Å². The van der Waals surface area contributed by atoms with Crippen molar-refractivity contribution >= 4 is 34.1 Å². The predicted molar refractivity (Wildman–Crippen MR) is 79.8 cm³/mol. The molecule has 20 heavy (non-hydrogen) atoms. The van der Waals surface area contributed by atoms with Gasteiger partial charge < -0.3 is 15.8 Å². The van der Waals surface area contributed by atoms with Gasteiger partial charge in [0.1, 0.15) is 5.03 Å². The summed E-state index contributed by atoms with van der Waals surface area (Å²) in [7, 11) is 3.83. The minimum atomic E-state index is 0.0589. The molecule has 0 amide bonds. The average Bonchev–Trinajstić information content (AvgIpc) is 2.85. The van der Waals surface area contributed by atoms with Crippen LogP contribution in [0.25, 0.3) is 0 Å². The van der Waals surface area contributed by atoms with Gasteiger partial charge in [0.25, 0.3) is 0 Å². The molecule has 2 aromatic heterocycles.